The Morgan fingerprint density at radius 3 is 2.79 bits per heavy atom. The third-order valence-electron chi connectivity index (χ3n) is 2.63. The number of nitrogens with one attached hydrogen (secondary N) is 1. The molecule has 108 valence electrons. The summed E-state index contributed by atoms with van der Waals surface area (Å²) in [6.45, 7) is 6.05. The van der Waals surface area contributed by atoms with Gasteiger partial charge in [0.2, 0.25) is 10.0 Å². The Morgan fingerprint density at radius 1 is 1.58 bits per heavy atom. The lowest BCUT2D eigenvalue weighted by Crippen LogP contribution is -2.35. The number of nitrogens with two attached hydrogens (primary N) is 1. The van der Waals surface area contributed by atoms with Gasteiger partial charge in [-0.1, -0.05) is 6.08 Å². The molecule has 0 unspecified atom stereocenters. The second-order valence-corrected chi connectivity index (χ2v) is 5.85. The van der Waals surface area contributed by atoms with Crippen LogP contribution in [0.15, 0.2) is 17.6 Å². The van der Waals surface area contributed by atoms with Crippen molar-refractivity contribution >= 4 is 10.0 Å². The summed E-state index contributed by atoms with van der Waals surface area (Å²) in [6, 6.07) is 0. The van der Waals surface area contributed by atoms with E-state index in [4.69, 9.17) is 10.5 Å². The summed E-state index contributed by atoms with van der Waals surface area (Å²) in [5.74, 6) is 0. The predicted octanol–water partition coefficient (Wildman–Crippen LogP) is -0.0000800. The average Bonchev–Trinajstić information content (AvgIpc) is 2.76. The Balaban J connectivity index is 3.18. The van der Waals surface area contributed by atoms with Crippen LogP contribution >= 0.6 is 0 Å². The van der Waals surface area contributed by atoms with Crippen LogP contribution in [-0.2, 0) is 21.3 Å². The van der Waals surface area contributed by atoms with Crippen LogP contribution in [0.1, 0.15) is 11.4 Å². The van der Waals surface area contributed by atoms with Crippen LogP contribution in [0.25, 0.3) is 0 Å². The first-order chi connectivity index (χ1) is 8.98. The molecule has 8 heteroatoms. The van der Waals surface area contributed by atoms with Gasteiger partial charge in [-0.05, 0) is 6.92 Å². The maximum atomic E-state index is 12.6. The Labute approximate surface area is 113 Å². The molecule has 1 aromatic heterocycles. The van der Waals surface area contributed by atoms with E-state index in [1.165, 1.54) is 17.5 Å². The topological polar surface area (TPSA) is 101 Å². The number of nitrogens with zero attached hydrogens (tertiary/aromatic N) is 2. The highest BCUT2D eigenvalue weighted by Crippen LogP contribution is 2.21. The smallest absolute Gasteiger partial charge is 0.247 e. The third-order valence-corrected chi connectivity index (χ3v) is 4.70. The maximum Gasteiger partial charge on any atom is 0.247 e. The fourth-order valence-corrected chi connectivity index (χ4v) is 3.46. The third kappa shape index (κ3) is 3.41. The molecule has 0 aliphatic heterocycles. The van der Waals surface area contributed by atoms with E-state index in [0.29, 0.717) is 18.0 Å². The number of sulfonamides is 1. The highest BCUT2D eigenvalue weighted by atomic mass is 32.2. The van der Waals surface area contributed by atoms with E-state index in [9.17, 15) is 8.42 Å². The lowest BCUT2D eigenvalue weighted by atomic mass is 10.4. The van der Waals surface area contributed by atoms with Gasteiger partial charge in [0.1, 0.15) is 4.90 Å². The Hall–Kier alpha value is -1.22. The first-order valence-corrected chi connectivity index (χ1v) is 7.26. The van der Waals surface area contributed by atoms with Crippen molar-refractivity contribution < 1.29 is 13.2 Å². The molecule has 0 amide bonds. The Kier molecular flexibility index (Phi) is 5.67. The van der Waals surface area contributed by atoms with Crippen LogP contribution in [0.4, 0.5) is 0 Å². The first-order valence-electron chi connectivity index (χ1n) is 5.82. The summed E-state index contributed by atoms with van der Waals surface area (Å²) in [5, 5.41) is 6.56. The van der Waals surface area contributed by atoms with Crippen LogP contribution < -0.4 is 5.73 Å². The highest BCUT2D eigenvalue weighted by molar-refractivity contribution is 7.89. The van der Waals surface area contributed by atoms with Gasteiger partial charge in [0, 0.05) is 26.7 Å². The zero-order valence-electron chi connectivity index (χ0n) is 11.2. The van der Waals surface area contributed by atoms with E-state index in [0.717, 1.165) is 0 Å². The molecule has 0 aliphatic carbocycles. The minimum Gasteiger partial charge on any atom is -0.383 e. The number of H-pyrrole nitrogens is 1. The fourth-order valence-electron chi connectivity index (χ4n) is 1.73. The van der Waals surface area contributed by atoms with Gasteiger partial charge in [-0.3, -0.25) is 5.10 Å². The van der Waals surface area contributed by atoms with Crippen LogP contribution in [0.2, 0.25) is 0 Å². The van der Waals surface area contributed by atoms with E-state index in [1.54, 1.807) is 6.92 Å². The molecule has 0 radical (unpaired) electrons. The van der Waals surface area contributed by atoms with Crippen molar-refractivity contribution in [2.45, 2.75) is 18.4 Å². The van der Waals surface area contributed by atoms with Crippen molar-refractivity contribution in [3.8, 4) is 0 Å². The van der Waals surface area contributed by atoms with Gasteiger partial charge in [0.05, 0.1) is 18.0 Å². The van der Waals surface area contributed by atoms with Crippen molar-refractivity contribution in [2.75, 3.05) is 26.8 Å². The van der Waals surface area contributed by atoms with Crippen molar-refractivity contribution in [3.05, 3.63) is 24.0 Å². The Bertz CT molecular complexity index is 524. The van der Waals surface area contributed by atoms with Crippen molar-refractivity contribution in [1.82, 2.24) is 14.5 Å². The lowest BCUT2D eigenvalue weighted by molar-refractivity contribution is 0.182. The predicted molar refractivity (Wildman–Crippen MR) is 72.0 cm³/mol. The fraction of sp³-hybridized carbons (Fsp3) is 0.545. The van der Waals surface area contributed by atoms with Gasteiger partial charge in [-0.25, -0.2) is 8.42 Å². The largest absolute Gasteiger partial charge is 0.383 e. The van der Waals surface area contributed by atoms with Gasteiger partial charge in [-0.2, -0.15) is 9.40 Å². The van der Waals surface area contributed by atoms with E-state index >= 15 is 0 Å². The number of rotatable bonds is 8. The molecular weight excluding hydrogens is 268 g/mol. The SMILES string of the molecule is C=CCN(CCOC)S(=O)(=O)c1c(CN)n[nH]c1C. The summed E-state index contributed by atoms with van der Waals surface area (Å²) in [4.78, 5) is 0.146. The molecule has 1 rings (SSSR count). The molecule has 1 aromatic rings. The zero-order valence-corrected chi connectivity index (χ0v) is 12.0. The number of aryl methyl sites for hydroxylation is 1. The van der Waals surface area contributed by atoms with E-state index < -0.39 is 10.0 Å². The zero-order chi connectivity index (χ0) is 14.5. The monoisotopic (exact) mass is 288 g/mol. The van der Waals surface area contributed by atoms with Crippen molar-refractivity contribution in [2.24, 2.45) is 5.73 Å². The molecule has 19 heavy (non-hydrogen) atoms. The van der Waals surface area contributed by atoms with E-state index in [2.05, 4.69) is 16.8 Å². The quantitative estimate of drug-likeness (QED) is 0.656. The van der Waals surface area contributed by atoms with Gasteiger partial charge in [0.15, 0.2) is 0 Å². The van der Waals surface area contributed by atoms with Crippen molar-refractivity contribution in [3.63, 3.8) is 0 Å². The number of ether oxygens (including phenoxy) is 1. The molecule has 0 spiro atoms. The number of aromatic nitrogens is 2. The van der Waals surface area contributed by atoms with Gasteiger partial charge in [-0.15, -0.1) is 6.58 Å². The van der Waals surface area contributed by atoms with Crippen LogP contribution in [0.3, 0.4) is 0 Å². The number of methoxy groups -OCH3 is 1. The lowest BCUT2D eigenvalue weighted by Gasteiger charge is -2.20. The standard InChI is InChI=1S/C11H20N4O3S/c1-4-5-15(6-7-18-3)19(16,17)11-9(2)13-14-10(11)8-12/h4H,1,5-8,12H2,2-3H3,(H,13,14). The summed E-state index contributed by atoms with van der Waals surface area (Å²) >= 11 is 0. The Morgan fingerprint density at radius 2 is 2.26 bits per heavy atom. The summed E-state index contributed by atoms with van der Waals surface area (Å²) < 4.78 is 31.4. The second kappa shape index (κ2) is 6.80. The maximum absolute atomic E-state index is 12.6. The summed E-state index contributed by atoms with van der Waals surface area (Å²) in [5.41, 5.74) is 6.34. The number of hydrogen-bond donors (Lipinski definition) is 2. The van der Waals surface area contributed by atoms with E-state index in [1.807, 2.05) is 0 Å². The van der Waals surface area contributed by atoms with Crippen LogP contribution in [0.5, 0.6) is 0 Å². The number of aromatic amines is 1. The normalized spacial score (nSPS) is 12.0. The second-order valence-electron chi connectivity index (χ2n) is 3.97. The van der Waals surface area contributed by atoms with E-state index in [-0.39, 0.29) is 24.5 Å². The van der Waals surface area contributed by atoms with Crippen molar-refractivity contribution in [1.29, 1.82) is 0 Å². The summed E-state index contributed by atoms with van der Waals surface area (Å²) in [6.07, 6.45) is 1.53. The molecule has 0 saturated carbocycles. The summed E-state index contributed by atoms with van der Waals surface area (Å²) in [7, 11) is -2.14. The molecule has 3 N–H and O–H groups in total. The molecular formula is C11H20N4O3S. The van der Waals surface area contributed by atoms with Gasteiger partial charge < -0.3 is 10.5 Å². The highest BCUT2D eigenvalue weighted by Gasteiger charge is 2.29. The molecule has 7 nitrogen and oxygen atoms in total. The molecule has 0 aromatic carbocycles. The minimum absolute atomic E-state index is 0.0606. The van der Waals surface area contributed by atoms with Crippen LogP contribution in [-0.4, -0.2) is 49.7 Å². The molecule has 0 aliphatic rings. The molecule has 0 bridgehead atoms. The molecule has 0 atom stereocenters. The molecule has 0 saturated heterocycles. The number of hydrogen-bond acceptors (Lipinski definition) is 5. The van der Waals surface area contributed by atoms with Gasteiger partial charge >= 0.3 is 0 Å². The minimum atomic E-state index is -3.66. The van der Waals surface area contributed by atoms with Gasteiger partial charge in [0.25, 0.3) is 0 Å². The average molecular weight is 288 g/mol. The molecule has 0 fully saturated rings. The first kappa shape index (κ1) is 15.8. The van der Waals surface area contributed by atoms with Crippen LogP contribution in [0, 0.1) is 6.92 Å². The molecule has 1 heterocycles.